The van der Waals surface area contributed by atoms with E-state index in [9.17, 15) is 4.39 Å². The third kappa shape index (κ3) is 2.15. The smallest absolute Gasteiger partial charge is 0.131 e. The van der Waals surface area contributed by atoms with Crippen molar-refractivity contribution in [2.75, 3.05) is 7.05 Å². The van der Waals surface area contributed by atoms with Crippen molar-refractivity contribution in [1.82, 2.24) is 5.32 Å². The van der Waals surface area contributed by atoms with Gasteiger partial charge in [-0.1, -0.05) is 12.1 Å². The van der Waals surface area contributed by atoms with E-state index in [1.165, 1.54) is 0 Å². The van der Waals surface area contributed by atoms with Crippen molar-refractivity contribution in [2.24, 2.45) is 0 Å². The summed E-state index contributed by atoms with van der Waals surface area (Å²) in [4.78, 5) is 1.15. The molecule has 0 aliphatic heterocycles. The Morgan fingerprint density at radius 3 is 2.62 bits per heavy atom. The van der Waals surface area contributed by atoms with Crippen molar-refractivity contribution in [3.05, 3.63) is 45.9 Å². The molecule has 0 atom stereocenters. The molecular weight excluding hydrogens is 221 g/mol. The summed E-state index contributed by atoms with van der Waals surface area (Å²) in [5, 5.41) is 5.00. The topological polar surface area (TPSA) is 12.0 Å². The van der Waals surface area contributed by atoms with Gasteiger partial charge >= 0.3 is 0 Å². The van der Waals surface area contributed by atoms with Gasteiger partial charge in [-0.25, -0.2) is 4.39 Å². The number of benzene rings is 1. The number of hydrogen-bond acceptors (Lipinski definition) is 2. The van der Waals surface area contributed by atoms with Crippen LogP contribution in [-0.4, -0.2) is 7.05 Å². The summed E-state index contributed by atoms with van der Waals surface area (Å²) < 4.78 is 13.9. The molecule has 1 N–H and O–H groups in total. The van der Waals surface area contributed by atoms with E-state index in [4.69, 9.17) is 0 Å². The molecule has 0 bridgehead atoms. The highest BCUT2D eigenvalue weighted by Gasteiger charge is 2.08. The van der Waals surface area contributed by atoms with Crippen LogP contribution in [0.2, 0.25) is 0 Å². The van der Waals surface area contributed by atoms with Crippen molar-refractivity contribution in [3.63, 3.8) is 0 Å². The Hall–Kier alpha value is -1.19. The maximum absolute atomic E-state index is 13.9. The van der Waals surface area contributed by atoms with Crippen LogP contribution in [0.15, 0.2) is 29.6 Å². The third-order valence-electron chi connectivity index (χ3n) is 2.56. The highest BCUT2D eigenvalue weighted by Crippen LogP contribution is 2.29. The van der Waals surface area contributed by atoms with Crippen LogP contribution < -0.4 is 5.32 Å². The molecule has 1 heterocycles. The molecule has 0 aliphatic rings. The quantitative estimate of drug-likeness (QED) is 0.857. The van der Waals surface area contributed by atoms with E-state index in [0.29, 0.717) is 12.1 Å². The van der Waals surface area contributed by atoms with E-state index in [2.05, 4.69) is 5.32 Å². The van der Waals surface area contributed by atoms with E-state index < -0.39 is 0 Å². The highest BCUT2D eigenvalue weighted by atomic mass is 32.1. The zero-order chi connectivity index (χ0) is 11.5. The van der Waals surface area contributed by atoms with Gasteiger partial charge in [0.2, 0.25) is 0 Å². The Kier molecular flexibility index (Phi) is 3.36. The van der Waals surface area contributed by atoms with Crippen LogP contribution in [-0.2, 0) is 6.54 Å². The lowest BCUT2D eigenvalue weighted by Crippen LogP contribution is -2.05. The average Bonchev–Trinajstić information content (AvgIpc) is 2.65. The lowest BCUT2D eigenvalue weighted by molar-refractivity contribution is 0.627. The third-order valence-corrected chi connectivity index (χ3v) is 3.41. The minimum atomic E-state index is -0.144. The molecule has 3 heteroatoms. The van der Waals surface area contributed by atoms with Gasteiger partial charge in [0.05, 0.1) is 0 Å². The fraction of sp³-hybridized carbons (Fsp3) is 0.231. The number of aryl methyl sites for hydroxylation is 1. The fourth-order valence-corrected chi connectivity index (χ4v) is 2.47. The first-order valence-electron chi connectivity index (χ1n) is 5.20. The lowest BCUT2D eigenvalue weighted by atomic mass is 10.0. The molecule has 0 fully saturated rings. The number of nitrogens with one attached hydrogen (secondary N) is 1. The van der Waals surface area contributed by atoms with Gasteiger partial charge in [0.15, 0.2) is 0 Å². The molecule has 2 aromatic rings. The molecule has 0 spiro atoms. The largest absolute Gasteiger partial charge is 0.316 e. The van der Waals surface area contributed by atoms with Crippen LogP contribution in [0.25, 0.3) is 11.1 Å². The molecule has 0 saturated heterocycles. The Morgan fingerprint density at radius 2 is 2.06 bits per heavy atom. The van der Waals surface area contributed by atoms with E-state index in [1.807, 2.05) is 37.6 Å². The monoisotopic (exact) mass is 235 g/mol. The summed E-state index contributed by atoms with van der Waals surface area (Å²) in [6.45, 7) is 2.71. The average molecular weight is 235 g/mol. The molecule has 1 nitrogen and oxygen atoms in total. The second-order valence-corrected chi connectivity index (χ2v) is 4.86. The fourth-order valence-electron chi connectivity index (χ4n) is 1.76. The van der Waals surface area contributed by atoms with Gasteiger partial charge in [0.25, 0.3) is 0 Å². The summed E-state index contributed by atoms with van der Waals surface area (Å²) in [5.41, 5.74) is 2.66. The van der Waals surface area contributed by atoms with Crippen LogP contribution in [0.4, 0.5) is 4.39 Å². The zero-order valence-electron chi connectivity index (χ0n) is 9.38. The lowest BCUT2D eigenvalue weighted by Gasteiger charge is -2.05. The molecule has 1 aromatic carbocycles. The Bertz CT molecular complexity index is 490. The van der Waals surface area contributed by atoms with Gasteiger partial charge in [-0.15, -0.1) is 11.3 Å². The maximum atomic E-state index is 13.9. The van der Waals surface area contributed by atoms with E-state index in [0.717, 1.165) is 16.0 Å². The second kappa shape index (κ2) is 4.76. The molecule has 0 radical (unpaired) electrons. The molecule has 2 rings (SSSR count). The van der Waals surface area contributed by atoms with Crippen molar-refractivity contribution in [1.29, 1.82) is 0 Å². The van der Waals surface area contributed by atoms with Crippen LogP contribution in [0, 0.1) is 12.7 Å². The van der Waals surface area contributed by atoms with Gasteiger partial charge in [0.1, 0.15) is 5.82 Å². The summed E-state index contributed by atoms with van der Waals surface area (Å²) >= 11 is 1.64. The number of hydrogen-bond donors (Lipinski definition) is 1. The van der Waals surface area contributed by atoms with Crippen molar-refractivity contribution in [3.8, 4) is 11.1 Å². The van der Waals surface area contributed by atoms with E-state index in [-0.39, 0.29) is 5.82 Å². The SMILES string of the molecule is CNCc1ccc(-c2ccsc2C)c(F)c1. The molecule has 1 aromatic heterocycles. The molecule has 0 saturated carbocycles. The first kappa shape index (κ1) is 11.3. The van der Waals surface area contributed by atoms with Gasteiger partial charge in [-0.3, -0.25) is 0 Å². The summed E-state index contributed by atoms with van der Waals surface area (Å²) in [7, 11) is 1.86. The van der Waals surface area contributed by atoms with Crippen LogP contribution in [0.1, 0.15) is 10.4 Å². The van der Waals surface area contributed by atoms with Crippen molar-refractivity contribution in [2.45, 2.75) is 13.5 Å². The van der Waals surface area contributed by atoms with Crippen LogP contribution in [0.3, 0.4) is 0 Å². The first-order valence-corrected chi connectivity index (χ1v) is 6.08. The van der Waals surface area contributed by atoms with Gasteiger partial charge in [-0.2, -0.15) is 0 Å². The van der Waals surface area contributed by atoms with E-state index in [1.54, 1.807) is 17.4 Å². The maximum Gasteiger partial charge on any atom is 0.131 e. The molecule has 0 amide bonds. The van der Waals surface area contributed by atoms with Crippen molar-refractivity contribution >= 4 is 11.3 Å². The number of thiophene rings is 1. The van der Waals surface area contributed by atoms with Crippen LogP contribution in [0.5, 0.6) is 0 Å². The molecule has 0 aliphatic carbocycles. The van der Waals surface area contributed by atoms with Crippen LogP contribution >= 0.6 is 11.3 Å². The first-order chi connectivity index (χ1) is 7.72. The predicted octanol–water partition coefficient (Wildman–Crippen LogP) is 3.58. The Labute approximate surface area is 98.9 Å². The molecule has 84 valence electrons. The van der Waals surface area contributed by atoms with E-state index >= 15 is 0 Å². The molecule has 0 unspecified atom stereocenters. The zero-order valence-corrected chi connectivity index (χ0v) is 10.2. The Balaban J connectivity index is 2.40. The summed E-state index contributed by atoms with van der Waals surface area (Å²) in [5.74, 6) is -0.144. The molecule has 16 heavy (non-hydrogen) atoms. The molecular formula is C13H14FNS. The second-order valence-electron chi connectivity index (χ2n) is 3.73. The minimum absolute atomic E-state index is 0.144. The van der Waals surface area contributed by atoms with Gasteiger partial charge in [-0.05, 0) is 42.6 Å². The van der Waals surface area contributed by atoms with Gasteiger partial charge < -0.3 is 5.32 Å². The van der Waals surface area contributed by atoms with Gasteiger partial charge in [0, 0.05) is 17.0 Å². The normalized spacial score (nSPS) is 10.7. The highest BCUT2D eigenvalue weighted by molar-refractivity contribution is 7.10. The number of halogens is 1. The minimum Gasteiger partial charge on any atom is -0.316 e. The standard InChI is InChI=1S/C13H14FNS/c1-9-11(5-6-16-9)12-4-3-10(8-15-2)7-13(12)14/h3-7,15H,8H2,1-2H3. The summed E-state index contributed by atoms with van der Waals surface area (Å²) in [6, 6.07) is 7.39. The Morgan fingerprint density at radius 1 is 1.25 bits per heavy atom. The number of rotatable bonds is 3. The predicted molar refractivity (Wildman–Crippen MR) is 67.2 cm³/mol. The summed E-state index contributed by atoms with van der Waals surface area (Å²) in [6.07, 6.45) is 0. The van der Waals surface area contributed by atoms with Crippen molar-refractivity contribution < 1.29 is 4.39 Å².